The van der Waals surface area contributed by atoms with Crippen molar-refractivity contribution < 1.29 is 18.6 Å². The molecule has 1 aliphatic heterocycles. The second-order valence-electron chi connectivity index (χ2n) is 4.79. The van der Waals surface area contributed by atoms with E-state index in [9.17, 15) is 13.9 Å². The van der Waals surface area contributed by atoms with Gasteiger partial charge in [0.25, 0.3) is 0 Å². The number of ether oxygens (including phenoxy) is 1. The molecular weight excluding hydrogens is 302 g/mol. The van der Waals surface area contributed by atoms with E-state index < -0.39 is 17.7 Å². The Kier molecular flexibility index (Phi) is 7.31. The van der Waals surface area contributed by atoms with Gasteiger partial charge in [-0.2, -0.15) is 0 Å². The molecule has 1 heterocycles. The summed E-state index contributed by atoms with van der Waals surface area (Å²) in [7, 11) is 1.35. The van der Waals surface area contributed by atoms with Crippen LogP contribution in [0.5, 0.6) is 5.75 Å². The van der Waals surface area contributed by atoms with Gasteiger partial charge in [-0.15, -0.1) is 12.4 Å². The minimum Gasteiger partial charge on any atom is -0.494 e. The summed E-state index contributed by atoms with van der Waals surface area (Å²) >= 11 is 0. The number of hydrogen-bond acceptors (Lipinski definition) is 4. The third-order valence-electron chi connectivity index (χ3n) is 3.64. The number of nitrogens with one attached hydrogen (secondary N) is 1. The van der Waals surface area contributed by atoms with Crippen LogP contribution in [-0.2, 0) is 0 Å². The van der Waals surface area contributed by atoms with E-state index in [0.29, 0.717) is 19.5 Å². The smallest absolute Gasteiger partial charge is 0.172 e. The fourth-order valence-electron chi connectivity index (χ4n) is 2.64. The number of benzene rings is 1. The summed E-state index contributed by atoms with van der Waals surface area (Å²) in [5.74, 6) is -1.25. The van der Waals surface area contributed by atoms with E-state index in [2.05, 4.69) is 5.32 Å². The Balaban J connectivity index is 0.00000220. The summed E-state index contributed by atoms with van der Waals surface area (Å²) in [6.07, 6.45) is 0.293. The lowest BCUT2D eigenvalue weighted by atomic mass is 9.99. The first kappa shape index (κ1) is 18.1. The van der Waals surface area contributed by atoms with Gasteiger partial charge >= 0.3 is 0 Å². The lowest BCUT2D eigenvalue weighted by Crippen LogP contribution is -2.45. The Labute approximate surface area is 129 Å². The molecule has 0 radical (unpaired) electrons. The molecule has 0 aliphatic carbocycles. The molecule has 1 fully saturated rings. The molecule has 0 bridgehead atoms. The van der Waals surface area contributed by atoms with E-state index in [4.69, 9.17) is 4.74 Å². The lowest BCUT2D eigenvalue weighted by molar-refractivity contribution is 0.135. The second-order valence-corrected chi connectivity index (χ2v) is 4.79. The maximum atomic E-state index is 14.4. The zero-order valence-electron chi connectivity index (χ0n) is 11.9. The summed E-state index contributed by atoms with van der Waals surface area (Å²) in [6.45, 7) is 2.82. The van der Waals surface area contributed by atoms with Crippen molar-refractivity contribution in [2.24, 2.45) is 0 Å². The molecule has 7 heteroatoms. The lowest BCUT2D eigenvalue weighted by Gasteiger charge is -2.35. The summed E-state index contributed by atoms with van der Waals surface area (Å²) < 4.78 is 33.4. The standard InChI is InChI=1S/C14H20F2N2O2.ClH/c1-20-12-3-2-10(15)13(14(12)16)11(4-9-19)18-7-5-17-6-8-18;/h2-3,11,17,19H,4-9H2,1H3;1H/t11-;/m0./s1. The molecule has 0 amide bonds. The third-order valence-corrected chi connectivity index (χ3v) is 3.64. The van der Waals surface area contributed by atoms with Gasteiger partial charge in [0.15, 0.2) is 11.6 Å². The van der Waals surface area contributed by atoms with Gasteiger partial charge in [-0.3, -0.25) is 4.90 Å². The van der Waals surface area contributed by atoms with Gasteiger partial charge in [0.2, 0.25) is 0 Å². The van der Waals surface area contributed by atoms with Gasteiger partial charge in [-0.1, -0.05) is 0 Å². The molecule has 1 aromatic carbocycles. The van der Waals surface area contributed by atoms with Crippen molar-refractivity contribution in [2.75, 3.05) is 39.9 Å². The van der Waals surface area contributed by atoms with Crippen LogP contribution in [0.4, 0.5) is 8.78 Å². The molecule has 120 valence electrons. The minimum absolute atomic E-state index is 0. The topological polar surface area (TPSA) is 44.7 Å². The minimum atomic E-state index is -0.676. The van der Waals surface area contributed by atoms with Crippen molar-refractivity contribution in [1.29, 1.82) is 0 Å². The van der Waals surface area contributed by atoms with E-state index in [1.807, 2.05) is 4.90 Å². The largest absolute Gasteiger partial charge is 0.494 e. The van der Waals surface area contributed by atoms with E-state index in [1.165, 1.54) is 19.2 Å². The molecule has 0 aromatic heterocycles. The fourth-order valence-corrected chi connectivity index (χ4v) is 2.64. The quantitative estimate of drug-likeness (QED) is 0.866. The first-order valence-electron chi connectivity index (χ1n) is 6.76. The molecule has 1 saturated heterocycles. The summed E-state index contributed by atoms with van der Waals surface area (Å²) in [5, 5.41) is 12.4. The molecule has 2 rings (SSSR count). The Bertz CT molecular complexity index is 457. The first-order chi connectivity index (χ1) is 9.69. The zero-order valence-corrected chi connectivity index (χ0v) is 12.8. The molecule has 0 spiro atoms. The molecule has 0 saturated carbocycles. The Hall–Kier alpha value is -0.950. The number of halogens is 3. The maximum absolute atomic E-state index is 14.4. The second kappa shape index (κ2) is 8.48. The Morgan fingerprint density at radius 2 is 2.00 bits per heavy atom. The van der Waals surface area contributed by atoms with Crippen molar-refractivity contribution in [1.82, 2.24) is 10.2 Å². The van der Waals surface area contributed by atoms with Crippen molar-refractivity contribution in [3.05, 3.63) is 29.3 Å². The Morgan fingerprint density at radius 3 is 2.57 bits per heavy atom. The average Bonchev–Trinajstić information content (AvgIpc) is 2.47. The molecule has 1 aliphatic rings. The highest BCUT2D eigenvalue weighted by Crippen LogP contribution is 2.33. The monoisotopic (exact) mass is 322 g/mol. The van der Waals surface area contributed by atoms with E-state index in [-0.39, 0.29) is 30.3 Å². The summed E-state index contributed by atoms with van der Waals surface area (Å²) in [6, 6.07) is 2.02. The fraction of sp³-hybridized carbons (Fsp3) is 0.571. The van der Waals surface area contributed by atoms with Gasteiger partial charge in [-0.05, 0) is 18.6 Å². The number of piperazine rings is 1. The van der Waals surface area contributed by atoms with Gasteiger partial charge in [0.1, 0.15) is 5.82 Å². The number of aliphatic hydroxyl groups is 1. The van der Waals surface area contributed by atoms with Crippen molar-refractivity contribution in [3.8, 4) is 5.75 Å². The van der Waals surface area contributed by atoms with Crippen LogP contribution in [0.1, 0.15) is 18.0 Å². The molecule has 1 aromatic rings. The number of aliphatic hydroxyl groups excluding tert-OH is 1. The van der Waals surface area contributed by atoms with Crippen LogP contribution in [-0.4, -0.2) is 49.9 Å². The van der Waals surface area contributed by atoms with E-state index >= 15 is 0 Å². The van der Waals surface area contributed by atoms with Crippen molar-refractivity contribution >= 4 is 12.4 Å². The zero-order chi connectivity index (χ0) is 14.5. The predicted molar refractivity (Wildman–Crippen MR) is 79.0 cm³/mol. The maximum Gasteiger partial charge on any atom is 0.172 e. The van der Waals surface area contributed by atoms with Crippen LogP contribution >= 0.6 is 12.4 Å². The van der Waals surface area contributed by atoms with Gasteiger partial charge in [0, 0.05) is 44.4 Å². The highest BCUT2D eigenvalue weighted by Gasteiger charge is 2.28. The molecular formula is C14H21ClF2N2O2. The average molecular weight is 323 g/mol. The van der Waals surface area contributed by atoms with Crippen LogP contribution in [0.25, 0.3) is 0 Å². The van der Waals surface area contributed by atoms with Crippen molar-refractivity contribution in [2.45, 2.75) is 12.5 Å². The molecule has 2 N–H and O–H groups in total. The Morgan fingerprint density at radius 1 is 1.33 bits per heavy atom. The van der Waals surface area contributed by atoms with Crippen LogP contribution < -0.4 is 10.1 Å². The van der Waals surface area contributed by atoms with Crippen molar-refractivity contribution in [3.63, 3.8) is 0 Å². The van der Waals surface area contributed by atoms with Gasteiger partial charge in [0.05, 0.1) is 7.11 Å². The SMILES string of the molecule is COc1ccc(F)c([C@H](CCO)N2CCNCC2)c1F.Cl. The normalized spacial score (nSPS) is 17.1. The highest BCUT2D eigenvalue weighted by molar-refractivity contribution is 5.85. The third kappa shape index (κ3) is 4.03. The van der Waals surface area contributed by atoms with E-state index in [0.717, 1.165) is 13.1 Å². The van der Waals surface area contributed by atoms with E-state index in [1.54, 1.807) is 0 Å². The highest BCUT2D eigenvalue weighted by atomic mass is 35.5. The number of methoxy groups -OCH3 is 1. The number of rotatable bonds is 5. The van der Waals surface area contributed by atoms with Crippen LogP contribution in [0.3, 0.4) is 0 Å². The summed E-state index contributed by atoms with van der Waals surface area (Å²) in [5.41, 5.74) is -0.0136. The van der Waals surface area contributed by atoms with Gasteiger partial charge < -0.3 is 15.2 Å². The number of nitrogens with zero attached hydrogens (tertiary/aromatic N) is 1. The summed E-state index contributed by atoms with van der Waals surface area (Å²) in [4.78, 5) is 1.99. The molecule has 1 atom stereocenters. The van der Waals surface area contributed by atoms with Crippen LogP contribution in [0.15, 0.2) is 12.1 Å². The first-order valence-corrected chi connectivity index (χ1v) is 6.76. The number of hydrogen-bond donors (Lipinski definition) is 2. The molecule has 4 nitrogen and oxygen atoms in total. The van der Waals surface area contributed by atoms with Crippen LogP contribution in [0, 0.1) is 11.6 Å². The molecule has 21 heavy (non-hydrogen) atoms. The predicted octanol–water partition coefficient (Wildman–Crippen LogP) is 1.72. The van der Waals surface area contributed by atoms with Gasteiger partial charge in [-0.25, -0.2) is 8.78 Å². The van der Waals surface area contributed by atoms with Crippen LogP contribution in [0.2, 0.25) is 0 Å². The molecule has 0 unspecified atom stereocenters.